The predicted molar refractivity (Wildman–Crippen MR) is 279 cm³/mol. The summed E-state index contributed by atoms with van der Waals surface area (Å²) in [5.41, 5.74) is 9.36. The molecule has 312 valence electrons. The first-order valence-electron chi connectivity index (χ1n) is 25.7. The van der Waals surface area contributed by atoms with Gasteiger partial charge in [-0.25, -0.2) is 15.0 Å². The van der Waals surface area contributed by atoms with Gasteiger partial charge in [-0.3, -0.25) is 0 Å². The number of hydrogen-bond acceptors (Lipinski definition) is 3. The highest BCUT2D eigenvalue weighted by Gasteiger charge is 2.21. The molecule has 0 saturated heterocycles. The summed E-state index contributed by atoms with van der Waals surface area (Å²) < 4.78 is 65.1. The van der Waals surface area contributed by atoms with Gasteiger partial charge in [0.05, 0.1) is 20.6 Å². The third-order valence-electron chi connectivity index (χ3n) is 12.7. The van der Waals surface area contributed by atoms with Gasteiger partial charge in [0.15, 0.2) is 17.5 Å². The third-order valence-corrected chi connectivity index (χ3v) is 12.7. The summed E-state index contributed by atoms with van der Waals surface area (Å²) in [7, 11) is 0. The van der Waals surface area contributed by atoms with Crippen molar-refractivity contribution in [3.05, 3.63) is 242 Å². The van der Waals surface area contributed by atoms with E-state index in [-0.39, 0.29) is 22.4 Å². The van der Waals surface area contributed by atoms with Crippen molar-refractivity contribution in [3.8, 4) is 73.2 Å². The zero-order chi connectivity index (χ0) is 50.4. The van der Waals surface area contributed by atoms with Gasteiger partial charge < -0.3 is 4.57 Å². The van der Waals surface area contributed by atoms with E-state index in [1.54, 1.807) is 0 Å². The fraction of sp³-hybridized carbons (Fsp3) is 0. The van der Waals surface area contributed by atoms with Crippen molar-refractivity contribution < 1.29 is 9.60 Å². The first-order valence-corrected chi connectivity index (χ1v) is 22.2. The maximum atomic E-state index is 9.46. The van der Waals surface area contributed by atoms with Crippen LogP contribution in [0.5, 0.6) is 0 Å². The van der Waals surface area contributed by atoms with Gasteiger partial charge in [0.1, 0.15) is 0 Å². The van der Waals surface area contributed by atoms with Gasteiger partial charge in [0.2, 0.25) is 0 Å². The lowest BCUT2D eigenvalue weighted by atomic mass is 9.92. The summed E-state index contributed by atoms with van der Waals surface area (Å²) in [5.74, 6) is 1.18. The predicted octanol–water partition coefficient (Wildman–Crippen LogP) is 16.4. The van der Waals surface area contributed by atoms with Crippen molar-refractivity contribution in [1.29, 1.82) is 0 Å². The van der Waals surface area contributed by atoms with E-state index in [4.69, 9.17) is 21.8 Å². The molecule has 0 aliphatic rings. The van der Waals surface area contributed by atoms with Crippen LogP contribution in [0.2, 0.25) is 0 Å². The molecule has 4 nitrogen and oxygen atoms in total. The number of benzene rings is 11. The van der Waals surface area contributed by atoms with Gasteiger partial charge in [-0.2, -0.15) is 0 Å². The molecule has 0 radical (unpaired) electrons. The Morgan fingerprint density at radius 2 is 0.896 bits per heavy atom. The van der Waals surface area contributed by atoms with E-state index in [9.17, 15) is 2.74 Å². The van der Waals surface area contributed by atoms with Crippen molar-refractivity contribution in [2.24, 2.45) is 0 Å². The molecular weight excluding hydrogens is 813 g/mol. The summed E-state index contributed by atoms with van der Waals surface area (Å²) >= 11 is 0. The molecule has 0 spiro atoms. The molecule has 67 heavy (non-hydrogen) atoms. The number of nitrogens with zero attached hydrogens (tertiary/aromatic N) is 4. The normalized spacial score (nSPS) is 13.0. The molecule has 0 fully saturated rings. The molecule has 0 amide bonds. The van der Waals surface area contributed by atoms with E-state index in [1.165, 1.54) is 0 Å². The largest absolute Gasteiger partial charge is 0.309 e. The number of hydrogen-bond donors (Lipinski definition) is 0. The zero-order valence-electron chi connectivity index (χ0n) is 42.8. The van der Waals surface area contributed by atoms with Crippen LogP contribution in [0, 0.1) is 0 Å². The lowest BCUT2D eigenvalue weighted by Gasteiger charge is -2.15. The highest BCUT2D eigenvalue weighted by Crippen LogP contribution is 2.41. The monoisotopic (exact) mass is 859 g/mol. The number of aromatic nitrogens is 4. The summed E-state index contributed by atoms with van der Waals surface area (Å²) in [5, 5.41) is 5.97. The fourth-order valence-electron chi connectivity index (χ4n) is 9.48. The quantitative estimate of drug-likeness (QED) is 0.160. The lowest BCUT2D eigenvalue weighted by molar-refractivity contribution is 1.08. The average Bonchev–Trinajstić information content (AvgIpc) is 3.81. The van der Waals surface area contributed by atoms with Crippen molar-refractivity contribution in [2.75, 3.05) is 0 Å². The Morgan fingerprint density at radius 3 is 1.73 bits per heavy atom. The molecule has 13 aromatic rings. The van der Waals surface area contributed by atoms with Crippen molar-refractivity contribution >= 4 is 54.1 Å². The molecule has 0 atom stereocenters. The Balaban J connectivity index is 1.10. The topological polar surface area (TPSA) is 43.6 Å². The van der Waals surface area contributed by atoms with E-state index in [0.717, 1.165) is 76.9 Å². The minimum absolute atomic E-state index is 0.00766. The minimum Gasteiger partial charge on any atom is -0.309 e. The molecule has 0 bridgehead atoms. The van der Waals surface area contributed by atoms with Gasteiger partial charge in [-0.1, -0.05) is 182 Å². The Morgan fingerprint density at radius 1 is 0.313 bits per heavy atom. The van der Waals surface area contributed by atoms with E-state index in [2.05, 4.69) is 102 Å². The summed E-state index contributed by atoms with van der Waals surface area (Å²) in [6.45, 7) is 0. The van der Waals surface area contributed by atoms with Crippen molar-refractivity contribution in [1.82, 2.24) is 19.5 Å². The molecule has 2 heterocycles. The van der Waals surface area contributed by atoms with Crippen molar-refractivity contribution in [2.45, 2.75) is 0 Å². The highest BCUT2D eigenvalue weighted by atomic mass is 15.0. The van der Waals surface area contributed by atoms with Crippen LogP contribution in [-0.2, 0) is 0 Å². The smallest absolute Gasteiger partial charge is 0.164 e. The maximum absolute atomic E-state index is 9.46. The zero-order valence-corrected chi connectivity index (χ0v) is 35.8. The number of para-hydroxylation sites is 2. The number of fused-ring (bicyclic) bond motifs is 6. The average molecular weight is 860 g/mol. The standard InChI is InChI=1S/C63H40N4/c1-3-15-41(16-4-1)45-30-31-47-36-48(33-32-46(47)35-45)50-38-51(55-25-13-20-43-18-9-10-23-54(43)55)40-52(39-50)62-64-61(49-34-29-42-17-7-8-19-44(42)37-49)65-63(66-62)57-26-14-28-59-60(57)56-24-11-12-27-58(56)67(59)53-21-5-2-6-22-53/h1-40H/i9D,10D,13D,18D,20D,23D,25D. The van der Waals surface area contributed by atoms with E-state index in [0.29, 0.717) is 34.2 Å². The van der Waals surface area contributed by atoms with Crippen LogP contribution in [0.3, 0.4) is 0 Å². The molecule has 0 unspecified atom stereocenters. The maximum Gasteiger partial charge on any atom is 0.164 e. The second-order valence-electron chi connectivity index (χ2n) is 16.7. The second-order valence-corrected chi connectivity index (χ2v) is 16.7. The molecule has 2 aromatic heterocycles. The van der Waals surface area contributed by atoms with Crippen LogP contribution < -0.4 is 0 Å². The van der Waals surface area contributed by atoms with Crippen LogP contribution in [0.15, 0.2) is 242 Å². The summed E-state index contributed by atoms with van der Waals surface area (Å²) in [6.07, 6.45) is 0. The molecule has 0 N–H and O–H groups in total. The van der Waals surface area contributed by atoms with Gasteiger partial charge in [0.25, 0.3) is 0 Å². The van der Waals surface area contributed by atoms with Crippen LogP contribution >= 0.6 is 0 Å². The molecule has 13 rings (SSSR count). The van der Waals surface area contributed by atoms with Gasteiger partial charge in [-0.05, 0) is 126 Å². The summed E-state index contributed by atoms with van der Waals surface area (Å²) in [6, 6.07) is 64.5. The van der Waals surface area contributed by atoms with Gasteiger partial charge in [0, 0.05) is 33.2 Å². The Kier molecular flexibility index (Phi) is 7.55. The second kappa shape index (κ2) is 15.9. The van der Waals surface area contributed by atoms with Crippen LogP contribution in [0.1, 0.15) is 9.60 Å². The fourth-order valence-corrected chi connectivity index (χ4v) is 9.48. The molecule has 4 heteroatoms. The highest BCUT2D eigenvalue weighted by molar-refractivity contribution is 6.15. The Labute approximate surface area is 397 Å². The van der Waals surface area contributed by atoms with Gasteiger partial charge in [-0.15, -0.1) is 0 Å². The van der Waals surface area contributed by atoms with Crippen LogP contribution in [0.4, 0.5) is 0 Å². The van der Waals surface area contributed by atoms with E-state index in [1.807, 2.05) is 103 Å². The Hall–Kier alpha value is -8.99. The molecule has 11 aromatic carbocycles. The van der Waals surface area contributed by atoms with Crippen LogP contribution in [-0.4, -0.2) is 19.5 Å². The lowest BCUT2D eigenvalue weighted by Crippen LogP contribution is -2.01. The van der Waals surface area contributed by atoms with Crippen molar-refractivity contribution in [3.63, 3.8) is 0 Å². The van der Waals surface area contributed by atoms with E-state index >= 15 is 0 Å². The molecule has 0 aliphatic carbocycles. The molecular formula is C63H40N4. The molecule has 0 aliphatic heterocycles. The summed E-state index contributed by atoms with van der Waals surface area (Å²) in [4.78, 5) is 15.9. The SMILES string of the molecule is [2H]c1c([2H])c([2H])c2c(-c3cc(-c4ccc5cc(-c6ccccc6)ccc5c4)cc(-c4nc(-c5ccc6ccccc6c5)nc(-c5cccc6c5c5ccccc5n6-c5ccccc5)n4)c3)c([2H])c([2H])c([2H])c2c1[2H]. The van der Waals surface area contributed by atoms with E-state index < -0.39 is 36.3 Å². The molecule has 0 saturated carbocycles. The first kappa shape index (κ1) is 31.8. The minimum atomic E-state index is -0.513. The first-order chi connectivity index (χ1) is 36.1. The third kappa shape index (κ3) is 6.82. The Bertz CT molecular complexity index is 4450. The van der Waals surface area contributed by atoms with Gasteiger partial charge >= 0.3 is 0 Å². The number of rotatable bonds is 7. The van der Waals surface area contributed by atoms with Crippen LogP contribution in [0.25, 0.3) is 127 Å².